The van der Waals surface area contributed by atoms with Crippen LogP contribution in [0.15, 0.2) is 30.3 Å². The predicted molar refractivity (Wildman–Crippen MR) is 125 cm³/mol. The van der Waals surface area contributed by atoms with Crippen LogP contribution in [0.5, 0.6) is 0 Å². The van der Waals surface area contributed by atoms with Crippen molar-refractivity contribution in [2.24, 2.45) is 17.6 Å². The molecule has 1 aliphatic rings. The number of benzene rings is 1. The van der Waals surface area contributed by atoms with E-state index in [1.807, 2.05) is 19.9 Å². The molecule has 1 aromatic carbocycles. The molecule has 3 unspecified atom stereocenters. The Morgan fingerprint density at radius 2 is 1.76 bits per heavy atom. The second-order valence-electron chi connectivity index (χ2n) is 9.19. The summed E-state index contributed by atoms with van der Waals surface area (Å²) in [5.74, 6) is -1.27. The fraction of sp³-hybridized carbons (Fsp3) is 0.652. The average molecular weight is 509 g/mol. The van der Waals surface area contributed by atoms with Crippen LogP contribution in [0.4, 0.5) is 4.79 Å². The molecule has 11 heteroatoms. The van der Waals surface area contributed by atoms with E-state index in [1.54, 1.807) is 24.3 Å². The Morgan fingerprint density at radius 1 is 1.18 bits per heavy atom. The van der Waals surface area contributed by atoms with Crippen LogP contribution >= 0.6 is 0 Å². The number of carbonyl (C=O) groups excluding carboxylic acids is 2. The maximum Gasteiger partial charge on any atom is 1.00 e. The molecule has 0 radical (unpaired) electrons. The van der Waals surface area contributed by atoms with Gasteiger partial charge in [-0.05, 0) is 36.7 Å². The summed E-state index contributed by atoms with van der Waals surface area (Å²) >= 11 is 0. The van der Waals surface area contributed by atoms with Crippen LogP contribution in [0, 0.1) is 11.8 Å². The van der Waals surface area contributed by atoms with Crippen LogP contribution in [0.25, 0.3) is 0 Å². The number of hydrogen-bond donors (Lipinski definition) is 4. The molecule has 1 saturated carbocycles. The molecule has 0 aromatic heterocycles. The van der Waals surface area contributed by atoms with E-state index in [9.17, 15) is 27.7 Å². The van der Waals surface area contributed by atoms with Crippen molar-refractivity contribution in [2.45, 2.75) is 82.4 Å². The Kier molecular flexibility index (Phi) is 13.3. The molecule has 2 rings (SSSR count). The minimum absolute atomic E-state index is 0. The van der Waals surface area contributed by atoms with Gasteiger partial charge in [-0.25, -0.2) is 4.79 Å². The number of ketones is 1. The van der Waals surface area contributed by atoms with Crippen molar-refractivity contribution in [1.82, 2.24) is 5.32 Å². The fourth-order valence-corrected chi connectivity index (χ4v) is 5.72. The average Bonchev–Trinajstić information content (AvgIpc) is 2.76. The second kappa shape index (κ2) is 14.5. The molecular weight excluding hydrogens is 471 g/mol. The van der Waals surface area contributed by atoms with Crippen molar-refractivity contribution >= 4 is 22.0 Å². The summed E-state index contributed by atoms with van der Waals surface area (Å²) in [5.41, 5.74) is 6.83. The number of aliphatic hydroxyl groups excluding tert-OH is 1. The maximum atomic E-state index is 13.1. The standard InChI is InChI=1S/C23H36N2O7S.Na.H/c1-15(2)13-18(25-23(28)32-14-16-9-5-3-6-10-16)20(26)21(27)19(24)22(33(29,30)31)17-11-7-4-8-12-17;;/h3,5-6,9-10,15,17-19,21-22,27H,4,7-8,11-14,24H2,1-2H3,(H,25,28)(H,29,30,31);;/q;+1;-1/t18-,19?,21?,22?;;/m0../s1. The Balaban J connectivity index is 0.00000578. The van der Waals surface area contributed by atoms with Crippen molar-refractivity contribution in [3.63, 3.8) is 0 Å². The van der Waals surface area contributed by atoms with E-state index >= 15 is 0 Å². The maximum absolute atomic E-state index is 13.1. The Morgan fingerprint density at radius 3 is 2.29 bits per heavy atom. The fourth-order valence-electron chi connectivity index (χ4n) is 4.42. The third-order valence-electron chi connectivity index (χ3n) is 6.05. The van der Waals surface area contributed by atoms with E-state index in [0.717, 1.165) is 24.8 Å². The number of ether oxygens (including phenoxy) is 1. The first-order valence-corrected chi connectivity index (χ1v) is 12.9. The van der Waals surface area contributed by atoms with Gasteiger partial charge in [-0.1, -0.05) is 63.4 Å². The molecule has 4 atom stereocenters. The SMILES string of the molecule is CC(C)C[C@H](NC(=O)OCc1ccccc1)C(=O)C(O)C(N)C(C1CCCCC1)S(=O)(=O)O.[H-].[Na+]. The zero-order valence-corrected chi connectivity index (χ0v) is 23.0. The number of nitrogens with one attached hydrogen (secondary N) is 1. The van der Waals surface area contributed by atoms with E-state index in [-0.39, 0.29) is 49.9 Å². The molecule has 1 fully saturated rings. The number of rotatable bonds is 11. The van der Waals surface area contributed by atoms with Gasteiger partial charge in [-0.2, -0.15) is 8.42 Å². The molecule has 9 nitrogen and oxygen atoms in total. The summed E-state index contributed by atoms with van der Waals surface area (Å²) < 4.78 is 39.2. The number of aliphatic hydroxyl groups is 1. The van der Waals surface area contributed by atoms with Gasteiger partial charge in [-0.15, -0.1) is 0 Å². The Bertz CT molecular complexity index is 883. The molecule has 1 aromatic rings. The van der Waals surface area contributed by atoms with Gasteiger partial charge in [0.25, 0.3) is 10.1 Å². The van der Waals surface area contributed by atoms with Gasteiger partial charge in [0.2, 0.25) is 0 Å². The summed E-state index contributed by atoms with van der Waals surface area (Å²) in [6.07, 6.45) is 1.10. The molecule has 0 aliphatic heterocycles. The minimum atomic E-state index is -4.60. The monoisotopic (exact) mass is 508 g/mol. The summed E-state index contributed by atoms with van der Waals surface area (Å²) in [5, 5.41) is 11.7. The first-order chi connectivity index (χ1) is 15.5. The van der Waals surface area contributed by atoms with Gasteiger partial charge >= 0.3 is 35.7 Å². The number of amides is 1. The van der Waals surface area contributed by atoms with Crippen molar-refractivity contribution in [2.75, 3.05) is 0 Å². The van der Waals surface area contributed by atoms with Gasteiger partial charge in [0, 0.05) is 0 Å². The smallest absolute Gasteiger partial charge is 1.00 e. The van der Waals surface area contributed by atoms with Gasteiger partial charge in [-0.3, -0.25) is 9.35 Å². The number of Topliss-reactive ketones (excluding diaryl/α,β-unsaturated/α-hetero) is 1. The zero-order chi connectivity index (χ0) is 24.6. The topological polar surface area (TPSA) is 156 Å². The molecule has 1 amide bonds. The second-order valence-corrected chi connectivity index (χ2v) is 10.8. The van der Waals surface area contributed by atoms with Gasteiger partial charge < -0.3 is 22.3 Å². The molecule has 34 heavy (non-hydrogen) atoms. The van der Waals surface area contributed by atoms with E-state index in [0.29, 0.717) is 12.8 Å². The van der Waals surface area contributed by atoms with Gasteiger partial charge in [0.05, 0.1) is 12.1 Å². The van der Waals surface area contributed by atoms with Crippen LogP contribution in [0.3, 0.4) is 0 Å². The molecular formula is C23H37N2NaO7S. The van der Waals surface area contributed by atoms with Crippen LogP contribution in [-0.4, -0.2) is 53.4 Å². The normalized spacial score (nSPS) is 18.3. The number of alkyl carbamates (subject to hydrolysis) is 1. The number of nitrogens with two attached hydrogens (primary N) is 1. The zero-order valence-electron chi connectivity index (χ0n) is 21.2. The van der Waals surface area contributed by atoms with Crippen molar-refractivity contribution in [3.05, 3.63) is 35.9 Å². The van der Waals surface area contributed by atoms with Gasteiger partial charge in [0.1, 0.15) is 18.0 Å². The first-order valence-electron chi connectivity index (χ1n) is 11.4. The summed E-state index contributed by atoms with van der Waals surface area (Å²) in [6.45, 7) is 3.68. The summed E-state index contributed by atoms with van der Waals surface area (Å²) in [7, 11) is -4.60. The third kappa shape index (κ3) is 9.56. The number of hydrogen-bond acceptors (Lipinski definition) is 7. The summed E-state index contributed by atoms with van der Waals surface area (Å²) in [6, 6.07) is 6.37. The van der Waals surface area contributed by atoms with Crippen LogP contribution in [-0.2, 0) is 26.3 Å². The molecule has 0 spiro atoms. The van der Waals surface area contributed by atoms with E-state index in [2.05, 4.69) is 5.32 Å². The Hall–Kier alpha value is -1.01. The van der Waals surface area contributed by atoms with Crippen molar-refractivity contribution in [3.8, 4) is 0 Å². The van der Waals surface area contributed by atoms with Crippen LogP contribution in [0.2, 0.25) is 0 Å². The largest absolute Gasteiger partial charge is 1.00 e. The van der Waals surface area contributed by atoms with Crippen molar-refractivity contribution < 1.29 is 63.4 Å². The minimum Gasteiger partial charge on any atom is -1.00 e. The Labute approximate surface area is 225 Å². The molecule has 188 valence electrons. The molecule has 0 saturated heterocycles. The van der Waals surface area contributed by atoms with Crippen molar-refractivity contribution in [1.29, 1.82) is 0 Å². The molecule has 0 bridgehead atoms. The predicted octanol–water partition coefficient (Wildman–Crippen LogP) is -0.462. The van der Waals surface area contributed by atoms with E-state index in [4.69, 9.17) is 10.5 Å². The quantitative estimate of drug-likeness (QED) is 0.231. The van der Waals surface area contributed by atoms with Crippen LogP contribution < -0.4 is 40.6 Å². The first kappa shape index (κ1) is 31.0. The molecule has 1 aliphatic carbocycles. The summed E-state index contributed by atoms with van der Waals surface area (Å²) in [4.78, 5) is 25.4. The number of carbonyl (C=O) groups is 2. The van der Waals surface area contributed by atoms with Gasteiger partial charge in [0.15, 0.2) is 5.78 Å². The third-order valence-corrected chi connectivity index (χ3v) is 7.44. The molecule has 5 N–H and O–H groups in total. The van der Waals surface area contributed by atoms with E-state index in [1.165, 1.54) is 0 Å². The molecule has 0 heterocycles. The van der Waals surface area contributed by atoms with E-state index < -0.39 is 51.4 Å². The van der Waals surface area contributed by atoms with Crippen LogP contribution in [0.1, 0.15) is 59.4 Å².